The van der Waals surface area contributed by atoms with Crippen LogP contribution in [0.5, 0.6) is 0 Å². The number of carboxylic acid groups (broad SMARTS) is 1. The molecule has 0 atom stereocenters. The molecule has 0 aliphatic rings. The molecular formula is C12H12N2O6. The molecule has 0 amide bonds. The number of non-ortho nitro benzene ring substituents is 2. The highest BCUT2D eigenvalue weighted by atomic mass is 16.6. The lowest BCUT2D eigenvalue weighted by Crippen LogP contribution is -1.97. The van der Waals surface area contributed by atoms with E-state index in [9.17, 15) is 25.0 Å². The van der Waals surface area contributed by atoms with Crippen LogP contribution in [0.2, 0.25) is 0 Å². The van der Waals surface area contributed by atoms with E-state index in [1.54, 1.807) is 0 Å². The van der Waals surface area contributed by atoms with Crippen molar-refractivity contribution >= 4 is 17.3 Å². The van der Waals surface area contributed by atoms with Crippen LogP contribution in [0.3, 0.4) is 0 Å². The summed E-state index contributed by atoms with van der Waals surface area (Å²) in [6.07, 6.45) is 2.08. The second-order valence-corrected chi connectivity index (χ2v) is 4.10. The summed E-state index contributed by atoms with van der Waals surface area (Å²) < 4.78 is 0. The summed E-state index contributed by atoms with van der Waals surface area (Å²) >= 11 is 0. The van der Waals surface area contributed by atoms with Gasteiger partial charge in [0.2, 0.25) is 0 Å². The number of rotatable bonds is 6. The summed E-state index contributed by atoms with van der Waals surface area (Å²) in [4.78, 5) is 30.6. The lowest BCUT2D eigenvalue weighted by molar-refractivity contribution is -0.394. The Kier molecular flexibility index (Phi) is 4.90. The second-order valence-electron chi connectivity index (χ2n) is 4.10. The first-order chi connectivity index (χ1) is 9.31. The van der Waals surface area contributed by atoms with Gasteiger partial charge in [0.15, 0.2) is 0 Å². The van der Waals surface area contributed by atoms with Crippen LogP contribution in [-0.2, 0) is 11.2 Å². The molecule has 1 aromatic rings. The van der Waals surface area contributed by atoms with Gasteiger partial charge in [-0.25, -0.2) is 4.79 Å². The van der Waals surface area contributed by atoms with Crippen molar-refractivity contribution in [2.75, 3.05) is 0 Å². The standard InChI is InChI=1S/C12H12N2O6/c1-8(12(15)16)3-2-4-9-5-10(13(17)18)7-11(6-9)14(19)20/h3,5-7H,2,4H2,1H3,(H,15,16). The first kappa shape index (κ1) is 15.3. The number of hydrogen-bond donors (Lipinski definition) is 1. The fraction of sp³-hybridized carbons (Fsp3) is 0.250. The number of nitro groups is 2. The van der Waals surface area contributed by atoms with Gasteiger partial charge in [0, 0.05) is 17.7 Å². The molecule has 106 valence electrons. The van der Waals surface area contributed by atoms with E-state index in [0.717, 1.165) is 6.07 Å². The predicted octanol–water partition coefficient (Wildman–Crippen LogP) is 2.47. The van der Waals surface area contributed by atoms with Gasteiger partial charge in [-0.1, -0.05) is 6.08 Å². The first-order valence-corrected chi connectivity index (χ1v) is 5.64. The number of nitrogens with zero attached hydrogens (tertiary/aromatic N) is 2. The van der Waals surface area contributed by atoms with Gasteiger partial charge in [-0.05, 0) is 25.3 Å². The van der Waals surface area contributed by atoms with Gasteiger partial charge in [-0.3, -0.25) is 20.2 Å². The van der Waals surface area contributed by atoms with Gasteiger partial charge in [-0.15, -0.1) is 0 Å². The van der Waals surface area contributed by atoms with Crippen molar-refractivity contribution in [1.29, 1.82) is 0 Å². The highest BCUT2D eigenvalue weighted by Gasteiger charge is 2.15. The lowest BCUT2D eigenvalue weighted by atomic mass is 10.1. The molecule has 1 aromatic carbocycles. The maximum atomic E-state index is 10.7. The minimum Gasteiger partial charge on any atom is -0.478 e. The van der Waals surface area contributed by atoms with E-state index in [-0.39, 0.29) is 23.4 Å². The first-order valence-electron chi connectivity index (χ1n) is 5.64. The highest BCUT2D eigenvalue weighted by molar-refractivity contribution is 5.85. The van der Waals surface area contributed by atoms with Crippen molar-refractivity contribution in [3.05, 3.63) is 55.6 Å². The number of aliphatic carboxylic acids is 1. The Morgan fingerprint density at radius 3 is 2.10 bits per heavy atom. The molecule has 0 saturated carbocycles. The van der Waals surface area contributed by atoms with E-state index in [0.29, 0.717) is 12.0 Å². The van der Waals surface area contributed by atoms with Gasteiger partial charge in [0.25, 0.3) is 11.4 Å². The average Bonchev–Trinajstić information content (AvgIpc) is 2.37. The Balaban J connectivity index is 2.95. The van der Waals surface area contributed by atoms with Crippen molar-refractivity contribution in [3.63, 3.8) is 0 Å². The zero-order chi connectivity index (χ0) is 15.3. The van der Waals surface area contributed by atoms with Crippen LogP contribution in [0.4, 0.5) is 11.4 Å². The fourth-order valence-electron chi connectivity index (χ4n) is 1.55. The fourth-order valence-corrected chi connectivity index (χ4v) is 1.55. The van der Waals surface area contributed by atoms with Crippen molar-refractivity contribution in [2.24, 2.45) is 0 Å². The molecule has 0 unspecified atom stereocenters. The number of carboxylic acids is 1. The molecule has 0 spiro atoms. The van der Waals surface area contributed by atoms with Gasteiger partial charge < -0.3 is 5.11 Å². The zero-order valence-electron chi connectivity index (χ0n) is 10.6. The topological polar surface area (TPSA) is 124 Å². The largest absolute Gasteiger partial charge is 0.478 e. The number of carbonyl (C=O) groups is 1. The second kappa shape index (κ2) is 6.41. The molecule has 0 fully saturated rings. The molecule has 0 radical (unpaired) electrons. The van der Waals surface area contributed by atoms with Crippen LogP contribution >= 0.6 is 0 Å². The van der Waals surface area contributed by atoms with Gasteiger partial charge in [0.1, 0.15) is 0 Å². The SMILES string of the molecule is CC(=CCCc1cc([N+](=O)[O-])cc([N+](=O)[O-])c1)C(=O)O. The van der Waals surface area contributed by atoms with Crippen LogP contribution in [0.1, 0.15) is 18.9 Å². The molecule has 0 aliphatic carbocycles. The highest BCUT2D eigenvalue weighted by Crippen LogP contribution is 2.23. The molecule has 1 rings (SSSR count). The molecule has 20 heavy (non-hydrogen) atoms. The van der Waals surface area contributed by atoms with Crippen molar-refractivity contribution in [2.45, 2.75) is 19.8 Å². The Labute approximate surface area is 113 Å². The van der Waals surface area contributed by atoms with E-state index < -0.39 is 15.8 Å². The number of aryl methyl sites for hydroxylation is 1. The summed E-state index contributed by atoms with van der Waals surface area (Å²) in [7, 11) is 0. The Hall–Kier alpha value is -2.77. The molecule has 0 aromatic heterocycles. The molecule has 0 aliphatic heterocycles. The molecule has 0 heterocycles. The Morgan fingerprint density at radius 2 is 1.70 bits per heavy atom. The predicted molar refractivity (Wildman–Crippen MR) is 69.5 cm³/mol. The van der Waals surface area contributed by atoms with Gasteiger partial charge in [-0.2, -0.15) is 0 Å². The summed E-state index contributed by atoms with van der Waals surface area (Å²) in [5.74, 6) is -1.05. The number of allylic oxidation sites excluding steroid dienone is 1. The Morgan fingerprint density at radius 1 is 1.20 bits per heavy atom. The molecule has 0 saturated heterocycles. The smallest absolute Gasteiger partial charge is 0.330 e. The molecule has 0 bridgehead atoms. The number of hydrogen-bond acceptors (Lipinski definition) is 5. The number of nitro benzene ring substituents is 2. The summed E-state index contributed by atoms with van der Waals surface area (Å²) in [5, 5.41) is 30.1. The van der Waals surface area contributed by atoms with Crippen LogP contribution < -0.4 is 0 Å². The third kappa shape index (κ3) is 4.16. The maximum Gasteiger partial charge on any atom is 0.330 e. The van der Waals surface area contributed by atoms with Crippen molar-refractivity contribution < 1.29 is 19.7 Å². The molecule has 8 heteroatoms. The quantitative estimate of drug-likeness (QED) is 0.485. The number of benzene rings is 1. The van der Waals surface area contributed by atoms with Crippen molar-refractivity contribution in [1.82, 2.24) is 0 Å². The summed E-state index contributed by atoms with van der Waals surface area (Å²) in [6.45, 7) is 1.43. The minimum atomic E-state index is -1.05. The van der Waals surface area contributed by atoms with Crippen LogP contribution in [-0.4, -0.2) is 20.9 Å². The van der Waals surface area contributed by atoms with Crippen molar-refractivity contribution in [3.8, 4) is 0 Å². The van der Waals surface area contributed by atoms with Gasteiger partial charge in [0.05, 0.1) is 15.9 Å². The molecule has 8 nitrogen and oxygen atoms in total. The van der Waals surface area contributed by atoms with E-state index >= 15 is 0 Å². The van der Waals surface area contributed by atoms with E-state index in [1.165, 1.54) is 25.1 Å². The van der Waals surface area contributed by atoms with Crippen LogP contribution in [0.25, 0.3) is 0 Å². The Bertz CT molecular complexity index is 561. The normalized spacial score (nSPS) is 11.2. The third-order valence-electron chi connectivity index (χ3n) is 2.60. The van der Waals surface area contributed by atoms with E-state index in [2.05, 4.69) is 0 Å². The summed E-state index contributed by atoms with van der Waals surface area (Å²) in [5.41, 5.74) is -0.133. The van der Waals surface area contributed by atoms with Crippen LogP contribution in [0, 0.1) is 20.2 Å². The molecule has 1 N–H and O–H groups in total. The van der Waals surface area contributed by atoms with Crippen LogP contribution in [0.15, 0.2) is 29.8 Å². The lowest BCUT2D eigenvalue weighted by Gasteiger charge is -2.00. The minimum absolute atomic E-state index is 0.157. The van der Waals surface area contributed by atoms with E-state index in [4.69, 9.17) is 5.11 Å². The van der Waals surface area contributed by atoms with E-state index in [1.807, 2.05) is 0 Å². The molecular weight excluding hydrogens is 268 g/mol. The summed E-state index contributed by atoms with van der Waals surface area (Å²) in [6, 6.07) is 3.38. The maximum absolute atomic E-state index is 10.7. The zero-order valence-corrected chi connectivity index (χ0v) is 10.6. The monoisotopic (exact) mass is 280 g/mol. The average molecular weight is 280 g/mol. The van der Waals surface area contributed by atoms with Gasteiger partial charge >= 0.3 is 5.97 Å². The third-order valence-corrected chi connectivity index (χ3v) is 2.60.